The number of halogens is 3. The number of carbonyl (C=O) groups is 2. The van der Waals surface area contributed by atoms with Crippen LogP contribution in [0.4, 0.5) is 13.2 Å². The number of benzene rings is 2. The van der Waals surface area contributed by atoms with Gasteiger partial charge in [-0.1, -0.05) is 48.5 Å². The molecular weight excluding hydrogens is 866 g/mol. The van der Waals surface area contributed by atoms with Gasteiger partial charge in [0.15, 0.2) is 0 Å². The Balaban J connectivity index is 0.000000664. The molecule has 0 saturated carbocycles. The molecule has 3 N–H and O–H groups in total. The molecular formula is C33H33F3N4O7Pd2S+4. The average molecular weight is 900 g/mol. The van der Waals surface area contributed by atoms with E-state index in [1.165, 1.54) is 0 Å². The first-order chi connectivity index (χ1) is 22.2. The molecule has 0 aliphatic carbocycles. The second-order valence-electron chi connectivity index (χ2n) is 10.2. The van der Waals surface area contributed by atoms with Crippen LogP contribution in [0.15, 0.2) is 72.8 Å². The number of rotatable bonds is 0. The van der Waals surface area contributed by atoms with Crippen molar-refractivity contribution in [3.63, 3.8) is 0 Å². The summed E-state index contributed by atoms with van der Waals surface area (Å²) in [5.41, 5.74) is 2.59. The first-order valence-corrected chi connectivity index (χ1v) is 15.3. The van der Waals surface area contributed by atoms with E-state index in [-0.39, 0.29) is 40.8 Å². The van der Waals surface area contributed by atoms with Gasteiger partial charge in [0.1, 0.15) is 0 Å². The molecule has 17 heteroatoms. The molecule has 4 heterocycles. The fourth-order valence-corrected chi connectivity index (χ4v) is 3.93. The molecule has 0 saturated heterocycles. The van der Waals surface area contributed by atoms with Crippen molar-refractivity contribution in [1.29, 1.82) is 0 Å². The van der Waals surface area contributed by atoms with E-state index < -0.39 is 27.6 Å². The number of aliphatic carboxylic acids is 2. The van der Waals surface area contributed by atoms with E-state index in [2.05, 4.69) is 68.5 Å². The van der Waals surface area contributed by atoms with Gasteiger partial charge in [0, 0.05) is 58.2 Å². The van der Waals surface area contributed by atoms with Gasteiger partial charge < -0.3 is 10.2 Å². The third-order valence-corrected chi connectivity index (χ3v) is 6.47. The Hall–Kier alpha value is -3.96. The van der Waals surface area contributed by atoms with E-state index in [1.807, 2.05) is 52.0 Å². The van der Waals surface area contributed by atoms with Crippen molar-refractivity contribution in [2.75, 3.05) is 0 Å². The van der Waals surface area contributed by atoms with E-state index in [0.717, 1.165) is 80.2 Å². The minimum atomic E-state index is -5.84. The second-order valence-corrected chi connectivity index (χ2v) is 11.6. The number of carboxylic acids is 2. The van der Waals surface area contributed by atoms with Gasteiger partial charge in [-0.25, -0.2) is 0 Å². The maximum Gasteiger partial charge on any atom is 2.00 e. The fourth-order valence-electron chi connectivity index (χ4n) is 3.93. The molecule has 0 fully saturated rings. The maximum absolute atomic E-state index is 10.7. The smallest absolute Gasteiger partial charge is 0.481 e. The number of aryl methyl sites for hydroxylation is 4. The topological polar surface area (TPSA) is 181 Å². The van der Waals surface area contributed by atoms with E-state index >= 15 is 0 Å². The van der Waals surface area contributed by atoms with Gasteiger partial charge in [-0.3, -0.25) is 34.1 Å². The largest absolute Gasteiger partial charge is 2.00 e. The van der Waals surface area contributed by atoms with Gasteiger partial charge in [-0.05, 0) is 52.0 Å². The first-order valence-electron chi connectivity index (χ1n) is 13.9. The average Bonchev–Trinajstić information content (AvgIpc) is 2.96. The molecule has 11 nitrogen and oxygen atoms in total. The number of alkyl halides is 3. The second kappa shape index (κ2) is 20.0. The molecule has 0 aliphatic heterocycles. The molecule has 4 aromatic heterocycles. The quantitative estimate of drug-likeness (QED) is 0.0600. The maximum atomic E-state index is 10.7. The van der Waals surface area contributed by atoms with E-state index in [9.17, 15) is 13.2 Å². The minimum Gasteiger partial charge on any atom is -0.481 e. The molecule has 0 spiro atoms. The Morgan fingerprint density at radius 1 is 0.520 bits per heavy atom. The number of aromatic nitrogens is 4. The molecule has 6 rings (SSSR count). The molecule has 0 radical (unpaired) electrons. The van der Waals surface area contributed by atoms with Gasteiger partial charge in [0.2, 0.25) is 0 Å². The third kappa shape index (κ3) is 14.5. The Morgan fingerprint density at radius 2 is 0.660 bits per heavy atom. The van der Waals surface area contributed by atoms with E-state index in [1.54, 1.807) is 0 Å². The number of carboxylic acid groups (broad SMARTS) is 2. The van der Waals surface area contributed by atoms with Crippen LogP contribution in [-0.4, -0.2) is 60.6 Å². The zero-order chi connectivity index (χ0) is 36.4. The van der Waals surface area contributed by atoms with Crippen molar-refractivity contribution < 1.29 is 86.8 Å². The van der Waals surface area contributed by atoms with Gasteiger partial charge in [-0.15, -0.1) is 0 Å². The molecule has 50 heavy (non-hydrogen) atoms. The van der Waals surface area contributed by atoms with Crippen molar-refractivity contribution in [3.05, 3.63) is 95.6 Å². The summed E-state index contributed by atoms with van der Waals surface area (Å²) in [6.45, 7) is 10.2. The zero-order valence-electron chi connectivity index (χ0n) is 27.4. The van der Waals surface area contributed by atoms with Crippen LogP contribution in [0.1, 0.15) is 36.6 Å². The number of pyridine rings is 4. The van der Waals surface area contributed by atoms with Gasteiger partial charge in [-0.2, -0.15) is 21.6 Å². The van der Waals surface area contributed by atoms with Gasteiger partial charge >= 0.3 is 56.5 Å². The molecule has 270 valence electrons. The summed E-state index contributed by atoms with van der Waals surface area (Å²) in [6.07, 6.45) is 0. The number of hydrogen-bond donors (Lipinski definition) is 3. The van der Waals surface area contributed by atoms with Gasteiger partial charge in [0.25, 0.3) is 11.9 Å². The summed E-state index contributed by atoms with van der Waals surface area (Å²) < 4.78 is 57.5. The zero-order valence-corrected chi connectivity index (χ0v) is 31.3. The first kappa shape index (κ1) is 46.0. The van der Waals surface area contributed by atoms with Gasteiger partial charge in [0.05, 0.1) is 22.1 Å². The summed E-state index contributed by atoms with van der Waals surface area (Å²) in [5.74, 6) is -1.67. The standard InChI is InChI=1S/2C14H12N2.2C2H4O2.CHF3O3S.2Pd/c2*1-9-3-5-11-7-8-12-6-4-10(2)16-14(12)13(11)15-9;2*1-2(3)4;2-1(3,4)8(5,6)7;;/h2*3-8H,1-2H3;2*1H3,(H,3,4);(H,5,6,7);;/q;;;;;2*+2. The molecule has 0 atom stereocenters. The Kier molecular flexibility index (Phi) is 18.4. The van der Waals surface area contributed by atoms with Crippen LogP contribution >= 0.6 is 0 Å². The summed E-state index contributed by atoms with van der Waals surface area (Å²) in [5, 5.41) is 19.4. The summed E-state index contributed by atoms with van der Waals surface area (Å²) >= 11 is 0. The van der Waals surface area contributed by atoms with Crippen molar-refractivity contribution in [2.45, 2.75) is 47.1 Å². The van der Waals surface area contributed by atoms with Crippen LogP contribution < -0.4 is 0 Å². The number of fused-ring (bicyclic) bond motifs is 6. The van der Waals surface area contributed by atoms with Crippen LogP contribution in [0.25, 0.3) is 43.6 Å². The molecule has 2 aromatic carbocycles. The van der Waals surface area contributed by atoms with Crippen molar-refractivity contribution in [3.8, 4) is 0 Å². The summed E-state index contributed by atoms with van der Waals surface area (Å²) in [6, 6.07) is 24.9. The number of hydrogen-bond acceptors (Lipinski definition) is 8. The van der Waals surface area contributed by atoms with Crippen molar-refractivity contribution in [2.24, 2.45) is 0 Å². The Labute approximate surface area is 313 Å². The van der Waals surface area contributed by atoms with Crippen LogP contribution in [0.5, 0.6) is 0 Å². The predicted octanol–water partition coefficient (Wildman–Crippen LogP) is 7.37. The molecule has 6 aromatic rings. The molecule has 0 bridgehead atoms. The predicted molar refractivity (Wildman–Crippen MR) is 177 cm³/mol. The van der Waals surface area contributed by atoms with Crippen LogP contribution in [0, 0.1) is 27.7 Å². The summed E-state index contributed by atoms with van der Waals surface area (Å²) in [7, 11) is -5.84. The van der Waals surface area contributed by atoms with Crippen LogP contribution in [0.3, 0.4) is 0 Å². The van der Waals surface area contributed by atoms with Crippen LogP contribution in [-0.2, 0) is 60.6 Å². The van der Waals surface area contributed by atoms with E-state index in [4.69, 9.17) is 32.8 Å². The fraction of sp³-hybridized carbons (Fsp3) is 0.212. The summed E-state index contributed by atoms with van der Waals surface area (Å²) in [4.78, 5) is 36.3. The minimum absolute atomic E-state index is 0. The molecule has 0 amide bonds. The normalized spacial score (nSPS) is 10.4. The Morgan fingerprint density at radius 3 is 0.800 bits per heavy atom. The van der Waals surface area contributed by atoms with Crippen LogP contribution in [0.2, 0.25) is 0 Å². The van der Waals surface area contributed by atoms with E-state index in [0.29, 0.717) is 0 Å². The Bertz CT molecular complexity index is 1940. The molecule has 0 unspecified atom stereocenters. The van der Waals surface area contributed by atoms with Crippen molar-refractivity contribution in [1.82, 2.24) is 19.9 Å². The number of nitrogens with zero attached hydrogens (tertiary/aromatic N) is 4. The SMILES string of the molecule is CC(=O)O.CC(=O)O.Cc1ccc2ccc3ccc(C)nc3c2n1.Cc1ccc2ccc3ccc(C)nc3c2n1.O=S(=O)(O)C(F)(F)F.[Pd+2].[Pd+2]. The van der Waals surface area contributed by atoms with Crippen molar-refractivity contribution >= 4 is 65.7 Å². The molecule has 0 aliphatic rings. The monoisotopic (exact) mass is 898 g/mol. The third-order valence-electron chi connectivity index (χ3n) is 5.89.